The van der Waals surface area contributed by atoms with Gasteiger partial charge in [-0.05, 0) is 25.8 Å². The van der Waals surface area contributed by atoms with E-state index in [-0.39, 0.29) is 11.4 Å². The monoisotopic (exact) mass is 253 g/mol. The van der Waals surface area contributed by atoms with Gasteiger partial charge in [0.25, 0.3) is 0 Å². The minimum atomic E-state index is -0.282. The number of alkyl halides is 1. The Kier molecular flexibility index (Phi) is 5.01. The zero-order valence-corrected chi connectivity index (χ0v) is 11.5. The van der Waals surface area contributed by atoms with Gasteiger partial charge in [0.05, 0.1) is 5.54 Å². The molecule has 0 aromatic heterocycles. The SMILES string of the molecule is CN(C(=O)CCc1ccccc1)C(C)(C)CCl. The van der Waals surface area contributed by atoms with Gasteiger partial charge in [0.2, 0.25) is 5.91 Å². The Balaban J connectivity index is 2.51. The number of hydrogen-bond acceptors (Lipinski definition) is 1. The molecule has 3 heteroatoms. The van der Waals surface area contributed by atoms with Crippen molar-refractivity contribution in [2.75, 3.05) is 12.9 Å². The average molecular weight is 254 g/mol. The molecule has 1 aromatic rings. The maximum absolute atomic E-state index is 12.0. The molecule has 94 valence electrons. The molecule has 0 N–H and O–H groups in total. The van der Waals surface area contributed by atoms with Crippen LogP contribution in [0.15, 0.2) is 30.3 Å². The lowest BCUT2D eigenvalue weighted by molar-refractivity contribution is -0.133. The third-order valence-electron chi connectivity index (χ3n) is 3.08. The Morgan fingerprint density at radius 1 is 1.29 bits per heavy atom. The van der Waals surface area contributed by atoms with E-state index in [9.17, 15) is 4.79 Å². The first-order chi connectivity index (χ1) is 7.97. The van der Waals surface area contributed by atoms with E-state index in [1.54, 1.807) is 4.90 Å². The van der Waals surface area contributed by atoms with Crippen molar-refractivity contribution in [3.63, 3.8) is 0 Å². The molecule has 1 rings (SSSR count). The van der Waals surface area contributed by atoms with E-state index in [1.165, 1.54) is 5.56 Å². The van der Waals surface area contributed by atoms with E-state index < -0.39 is 0 Å². The molecule has 0 radical (unpaired) electrons. The van der Waals surface area contributed by atoms with Crippen LogP contribution in [0.25, 0.3) is 0 Å². The summed E-state index contributed by atoms with van der Waals surface area (Å²) in [5.74, 6) is 0.583. The van der Waals surface area contributed by atoms with Gasteiger partial charge in [-0.1, -0.05) is 30.3 Å². The molecule has 0 saturated heterocycles. The average Bonchev–Trinajstić information content (AvgIpc) is 2.36. The third-order valence-corrected chi connectivity index (χ3v) is 3.73. The minimum absolute atomic E-state index is 0.138. The highest BCUT2D eigenvalue weighted by Gasteiger charge is 2.25. The highest BCUT2D eigenvalue weighted by molar-refractivity contribution is 6.18. The molecule has 1 aromatic carbocycles. The maximum atomic E-state index is 12.0. The molecule has 1 amide bonds. The van der Waals surface area contributed by atoms with Gasteiger partial charge in [0, 0.05) is 19.3 Å². The predicted molar refractivity (Wildman–Crippen MR) is 72.3 cm³/mol. The van der Waals surface area contributed by atoms with Crippen LogP contribution in [0.4, 0.5) is 0 Å². The first kappa shape index (κ1) is 14.0. The zero-order valence-electron chi connectivity index (χ0n) is 10.7. The molecule has 17 heavy (non-hydrogen) atoms. The molecule has 0 aliphatic carbocycles. The van der Waals surface area contributed by atoms with E-state index in [4.69, 9.17) is 11.6 Å². The van der Waals surface area contributed by atoms with Crippen LogP contribution in [0.3, 0.4) is 0 Å². The number of hydrogen-bond donors (Lipinski definition) is 0. The second-order valence-electron chi connectivity index (χ2n) is 4.88. The molecule has 2 nitrogen and oxygen atoms in total. The molecule has 0 atom stereocenters. The molecule has 0 unspecified atom stereocenters. The Hall–Kier alpha value is -1.02. The number of carbonyl (C=O) groups is 1. The van der Waals surface area contributed by atoms with Crippen LogP contribution in [-0.2, 0) is 11.2 Å². The number of carbonyl (C=O) groups excluding carboxylic acids is 1. The van der Waals surface area contributed by atoms with Crippen molar-refractivity contribution in [2.45, 2.75) is 32.2 Å². The third kappa shape index (κ3) is 4.04. The summed E-state index contributed by atoms with van der Waals surface area (Å²) < 4.78 is 0. The maximum Gasteiger partial charge on any atom is 0.223 e. The number of amides is 1. The zero-order chi connectivity index (χ0) is 12.9. The number of halogens is 1. The van der Waals surface area contributed by atoms with Crippen molar-refractivity contribution in [3.05, 3.63) is 35.9 Å². The Morgan fingerprint density at radius 2 is 1.88 bits per heavy atom. The van der Waals surface area contributed by atoms with Gasteiger partial charge in [-0.2, -0.15) is 0 Å². The highest BCUT2D eigenvalue weighted by Crippen LogP contribution is 2.16. The number of aryl methyl sites for hydroxylation is 1. The second-order valence-corrected chi connectivity index (χ2v) is 5.15. The summed E-state index contributed by atoms with van der Waals surface area (Å²) in [7, 11) is 1.82. The Bertz CT molecular complexity index is 362. The summed E-state index contributed by atoms with van der Waals surface area (Å²) in [4.78, 5) is 13.7. The molecular formula is C14H20ClNO. The van der Waals surface area contributed by atoms with Gasteiger partial charge in [0.15, 0.2) is 0 Å². The minimum Gasteiger partial charge on any atom is -0.339 e. The van der Waals surface area contributed by atoms with E-state index in [1.807, 2.05) is 51.2 Å². The van der Waals surface area contributed by atoms with E-state index in [2.05, 4.69) is 0 Å². The molecule has 0 fully saturated rings. The molecular weight excluding hydrogens is 234 g/mol. The quantitative estimate of drug-likeness (QED) is 0.739. The van der Waals surface area contributed by atoms with E-state index in [0.717, 1.165) is 6.42 Å². The lowest BCUT2D eigenvalue weighted by atomic mass is 10.0. The predicted octanol–water partition coefficient (Wildman–Crippen LogP) is 3.10. The Labute approximate surface area is 109 Å². The van der Waals surface area contributed by atoms with Gasteiger partial charge in [-0.15, -0.1) is 11.6 Å². The molecule has 0 saturated carbocycles. The summed E-state index contributed by atoms with van der Waals surface area (Å²) >= 11 is 5.86. The van der Waals surface area contributed by atoms with Crippen molar-refractivity contribution in [1.29, 1.82) is 0 Å². The Morgan fingerprint density at radius 3 is 2.41 bits per heavy atom. The highest BCUT2D eigenvalue weighted by atomic mass is 35.5. The molecule has 0 aliphatic heterocycles. The second kappa shape index (κ2) is 6.06. The largest absolute Gasteiger partial charge is 0.339 e. The van der Waals surface area contributed by atoms with Crippen molar-refractivity contribution in [3.8, 4) is 0 Å². The summed E-state index contributed by atoms with van der Waals surface area (Å²) in [6.45, 7) is 3.95. The number of rotatable bonds is 5. The van der Waals surface area contributed by atoms with Crippen LogP contribution in [0.1, 0.15) is 25.8 Å². The molecule has 0 spiro atoms. The van der Waals surface area contributed by atoms with Gasteiger partial charge in [-0.25, -0.2) is 0 Å². The lowest BCUT2D eigenvalue weighted by Crippen LogP contribution is -2.46. The van der Waals surface area contributed by atoms with Crippen LogP contribution < -0.4 is 0 Å². The fraction of sp³-hybridized carbons (Fsp3) is 0.500. The van der Waals surface area contributed by atoms with E-state index in [0.29, 0.717) is 12.3 Å². The topological polar surface area (TPSA) is 20.3 Å². The van der Waals surface area contributed by atoms with Crippen molar-refractivity contribution >= 4 is 17.5 Å². The summed E-state index contributed by atoms with van der Waals surface area (Å²) in [5, 5.41) is 0. The number of nitrogens with zero attached hydrogens (tertiary/aromatic N) is 1. The van der Waals surface area contributed by atoms with Crippen LogP contribution in [0.2, 0.25) is 0 Å². The fourth-order valence-electron chi connectivity index (χ4n) is 1.49. The van der Waals surface area contributed by atoms with E-state index >= 15 is 0 Å². The van der Waals surface area contributed by atoms with Crippen LogP contribution in [-0.4, -0.2) is 29.3 Å². The van der Waals surface area contributed by atoms with Gasteiger partial charge >= 0.3 is 0 Å². The van der Waals surface area contributed by atoms with Crippen LogP contribution >= 0.6 is 11.6 Å². The van der Waals surface area contributed by atoms with Gasteiger partial charge < -0.3 is 4.90 Å². The van der Waals surface area contributed by atoms with Crippen molar-refractivity contribution < 1.29 is 4.79 Å². The van der Waals surface area contributed by atoms with Crippen molar-refractivity contribution in [1.82, 2.24) is 4.90 Å². The smallest absolute Gasteiger partial charge is 0.223 e. The molecule has 0 bridgehead atoms. The van der Waals surface area contributed by atoms with Gasteiger partial charge in [0.1, 0.15) is 0 Å². The van der Waals surface area contributed by atoms with Crippen LogP contribution in [0, 0.1) is 0 Å². The van der Waals surface area contributed by atoms with Crippen LogP contribution in [0.5, 0.6) is 0 Å². The molecule has 0 heterocycles. The summed E-state index contributed by atoms with van der Waals surface area (Å²) in [6, 6.07) is 10.0. The summed E-state index contributed by atoms with van der Waals surface area (Å²) in [5.41, 5.74) is 0.910. The first-order valence-electron chi connectivity index (χ1n) is 5.84. The standard InChI is InChI=1S/C14H20ClNO/c1-14(2,11-15)16(3)13(17)10-9-12-7-5-4-6-8-12/h4-8H,9-11H2,1-3H3. The van der Waals surface area contributed by atoms with Gasteiger partial charge in [-0.3, -0.25) is 4.79 Å². The number of benzene rings is 1. The summed E-state index contributed by atoms with van der Waals surface area (Å²) in [6.07, 6.45) is 1.31. The lowest BCUT2D eigenvalue weighted by Gasteiger charge is -2.34. The first-order valence-corrected chi connectivity index (χ1v) is 6.37. The fourth-order valence-corrected chi connectivity index (χ4v) is 1.67. The molecule has 0 aliphatic rings. The van der Waals surface area contributed by atoms with Crippen molar-refractivity contribution in [2.24, 2.45) is 0 Å². The normalized spacial score (nSPS) is 11.3.